The molecule has 0 saturated heterocycles. The van der Waals surface area contributed by atoms with E-state index in [-0.39, 0.29) is 4.90 Å². The first-order valence-electron chi connectivity index (χ1n) is 4.83. The van der Waals surface area contributed by atoms with Crippen LogP contribution in [-0.2, 0) is 10.1 Å². The molecule has 0 spiro atoms. The summed E-state index contributed by atoms with van der Waals surface area (Å²) in [7, 11) is -3.73. The van der Waals surface area contributed by atoms with Crippen molar-refractivity contribution in [2.75, 3.05) is 0 Å². The molecule has 0 heterocycles. The van der Waals surface area contributed by atoms with Crippen molar-refractivity contribution < 1.29 is 12.6 Å². The summed E-state index contributed by atoms with van der Waals surface area (Å²) in [5, 5.41) is 0. The van der Waals surface area contributed by atoms with Gasteiger partial charge in [0.15, 0.2) is 0 Å². The number of hydrogen-bond acceptors (Lipinski definition) is 3. The Morgan fingerprint density at radius 3 is 2.06 bits per heavy atom. The van der Waals surface area contributed by atoms with Crippen molar-refractivity contribution in [3.05, 3.63) is 58.2 Å². The molecule has 2 aromatic rings. The molecule has 2 rings (SSSR count). The van der Waals surface area contributed by atoms with Gasteiger partial charge < -0.3 is 4.18 Å². The third kappa shape index (κ3) is 3.19. The Bertz CT molecular complexity index is 591. The topological polar surface area (TPSA) is 43.4 Å². The second-order valence-electron chi connectivity index (χ2n) is 3.30. The van der Waals surface area contributed by atoms with Crippen LogP contribution < -0.4 is 4.18 Å². The standard InChI is InChI=1S/C12H9IO3S/c13-10-6-8-12(9-7-10)17(14,15)16-11-4-2-1-3-5-11/h1-9H. The predicted molar refractivity (Wildman–Crippen MR) is 73.4 cm³/mol. The minimum Gasteiger partial charge on any atom is -0.379 e. The molecule has 2 aromatic carbocycles. The summed E-state index contributed by atoms with van der Waals surface area (Å²) in [5.41, 5.74) is 0. The fraction of sp³-hybridized carbons (Fsp3) is 0. The van der Waals surface area contributed by atoms with Gasteiger partial charge in [0.25, 0.3) is 0 Å². The number of halogens is 1. The van der Waals surface area contributed by atoms with Gasteiger partial charge in [-0.3, -0.25) is 0 Å². The normalized spacial score (nSPS) is 11.1. The minimum atomic E-state index is -3.73. The van der Waals surface area contributed by atoms with Gasteiger partial charge in [-0.2, -0.15) is 8.42 Å². The highest BCUT2D eigenvalue weighted by Crippen LogP contribution is 2.18. The van der Waals surface area contributed by atoms with Crippen LogP contribution >= 0.6 is 22.6 Å². The Labute approximate surface area is 114 Å². The predicted octanol–water partition coefficient (Wildman–Crippen LogP) is 3.06. The molecule has 0 aromatic heterocycles. The van der Waals surface area contributed by atoms with Crippen LogP contribution in [0.4, 0.5) is 0 Å². The molecule has 5 heteroatoms. The van der Waals surface area contributed by atoms with Crippen LogP contribution in [0.5, 0.6) is 5.75 Å². The maximum absolute atomic E-state index is 11.9. The molecule has 0 amide bonds. The van der Waals surface area contributed by atoms with Crippen LogP contribution in [0.2, 0.25) is 0 Å². The fourth-order valence-corrected chi connectivity index (χ4v) is 2.54. The highest BCUT2D eigenvalue weighted by molar-refractivity contribution is 14.1. The second-order valence-corrected chi connectivity index (χ2v) is 6.10. The molecule has 0 N–H and O–H groups in total. The van der Waals surface area contributed by atoms with Gasteiger partial charge in [0.1, 0.15) is 10.6 Å². The molecule has 0 saturated carbocycles. The van der Waals surface area contributed by atoms with Gasteiger partial charge in [0.05, 0.1) is 0 Å². The van der Waals surface area contributed by atoms with Crippen LogP contribution in [0, 0.1) is 3.57 Å². The molecular formula is C12H9IO3S. The Morgan fingerprint density at radius 1 is 0.882 bits per heavy atom. The molecule has 0 aliphatic heterocycles. The lowest BCUT2D eigenvalue weighted by molar-refractivity contribution is 0.486. The zero-order valence-electron chi connectivity index (χ0n) is 8.71. The summed E-state index contributed by atoms with van der Waals surface area (Å²) in [6, 6.07) is 14.9. The molecule has 88 valence electrons. The van der Waals surface area contributed by atoms with E-state index in [4.69, 9.17) is 4.18 Å². The zero-order valence-corrected chi connectivity index (χ0v) is 11.7. The third-order valence-electron chi connectivity index (χ3n) is 2.05. The van der Waals surface area contributed by atoms with E-state index >= 15 is 0 Å². The van der Waals surface area contributed by atoms with E-state index in [0.29, 0.717) is 5.75 Å². The zero-order chi connectivity index (χ0) is 12.3. The highest BCUT2D eigenvalue weighted by atomic mass is 127. The van der Waals surface area contributed by atoms with Gasteiger partial charge in [-0.05, 0) is 59.0 Å². The van der Waals surface area contributed by atoms with Crippen LogP contribution in [0.25, 0.3) is 0 Å². The third-order valence-corrected chi connectivity index (χ3v) is 4.03. The van der Waals surface area contributed by atoms with Crippen molar-refractivity contribution in [3.63, 3.8) is 0 Å². The molecule has 3 nitrogen and oxygen atoms in total. The van der Waals surface area contributed by atoms with Gasteiger partial charge in [-0.25, -0.2) is 0 Å². The average Bonchev–Trinajstić information content (AvgIpc) is 2.30. The Kier molecular flexibility index (Phi) is 3.68. The Hall–Kier alpha value is -1.08. The first kappa shape index (κ1) is 12.4. The van der Waals surface area contributed by atoms with Crippen molar-refractivity contribution >= 4 is 32.7 Å². The van der Waals surface area contributed by atoms with Crippen molar-refractivity contribution in [2.24, 2.45) is 0 Å². The fourth-order valence-electron chi connectivity index (χ4n) is 1.25. The van der Waals surface area contributed by atoms with E-state index in [0.717, 1.165) is 3.57 Å². The number of benzene rings is 2. The lowest BCUT2D eigenvalue weighted by Gasteiger charge is -2.06. The molecule has 0 aliphatic carbocycles. The van der Waals surface area contributed by atoms with E-state index in [2.05, 4.69) is 22.6 Å². The largest absolute Gasteiger partial charge is 0.379 e. The minimum absolute atomic E-state index is 0.154. The van der Waals surface area contributed by atoms with Gasteiger partial charge in [-0.15, -0.1) is 0 Å². The molecule has 0 atom stereocenters. The maximum atomic E-state index is 11.9. The highest BCUT2D eigenvalue weighted by Gasteiger charge is 2.15. The molecular weight excluding hydrogens is 351 g/mol. The van der Waals surface area contributed by atoms with Crippen molar-refractivity contribution in [1.82, 2.24) is 0 Å². The molecule has 0 fully saturated rings. The Balaban J connectivity index is 2.29. The number of hydrogen-bond donors (Lipinski definition) is 0. The maximum Gasteiger partial charge on any atom is 0.339 e. The smallest absolute Gasteiger partial charge is 0.339 e. The molecule has 0 bridgehead atoms. The van der Waals surface area contributed by atoms with Crippen LogP contribution in [0.1, 0.15) is 0 Å². The van der Waals surface area contributed by atoms with Gasteiger partial charge in [0, 0.05) is 3.57 Å². The van der Waals surface area contributed by atoms with Crippen molar-refractivity contribution in [1.29, 1.82) is 0 Å². The first-order chi connectivity index (χ1) is 8.08. The second kappa shape index (κ2) is 5.05. The summed E-state index contributed by atoms with van der Waals surface area (Å²) >= 11 is 2.11. The van der Waals surface area contributed by atoms with Crippen LogP contribution in [-0.4, -0.2) is 8.42 Å². The molecule has 0 unspecified atom stereocenters. The van der Waals surface area contributed by atoms with Crippen molar-refractivity contribution in [3.8, 4) is 5.75 Å². The summed E-state index contributed by atoms with van der Waals surface area (Å²) in [4.78, 5) is 0.154. The quantitative estimate of drug-likeness (QED) is 0.624. The summed E-state index contributed by atoms with van der Waals surface area (Å²) < 4.78 is 29.7. The summed E-state index contributed by atoms with van der Waals surface area (Å²) in [5.74, 6) is 0.311. The SMILES string of the molecule is O=S(=O)(Oc1ccccc1)c1ccc(I)cc1. The van der Waals surface area contributed by atoms with E-state index in [1.807, 2.05) is 0 Å². The number of rotatable bonds is 3. The van der Waals surface area contributed by atoms with E-state index < -0.39 is 10.1 Å². The van der Waals surface area contributed by atoms with Crippen LogP contribution in [0.3, 0.4) is 0 Å². The lowest BCUT2D eigenvalue weighted by Crippen LogP contribution is -2.09. The first-order valence-corrected chi connectivity index (χ1v) is 7.32. The van der Waals surface area contributed by atoms with Crippen LogP contribution in [0.15, 0.2) is 59.5 Å². The van der Waals surface area contributed by atoms with E-state index in [9.17, 15) is 8.42 Å². The summed E-state index contributed by atoms with van der Waals surface area (Å²) in [6.45, 7) is 0. The average molecular weight is 360 g/mol. The lowest BCUT2D eigenvalue weighted by atomic mass is 10.3. The van der Waals surface area contributed by atoms with Gasteiger partial charge in [0.2, 0.25) is 0 Å². The van der Waals surface area contributed by atoms with Gasteiger partial charge >= 0.3 is 10.1 Å². The monoisotopic (exact) mass is 360 g/mol. The molecule has 0 radical (unpaired) electrons. The molecule has 0 aliphatic rings. The summed E-state index contributed by atoms with van der Waals surface area (Å²) in [6.07, 6.45) is 0. The number of para-hydroxylation sites is 1. The van der Waals surface area contributed by atoms with E-state index in [1.165, 1.54) is 12.1 Å². The van der Waals surface area contributed by atoms with Gasteiger partial charge in [-0.1, -0.05) is 18.2 Å². The molecule has 17 heavy (non-hydrogen) atoms. The van der Waals surface area contributed by atoms with Crippen molar-refractivity contribution in [2.45, 2.75) is 4.90 Å². The Morgan fingerprint density at radius 2 is 1.47 bits per heavy atom. The van der Waals surface area contributed by atoms with E-state index in [1.54, 1.807) is 42.5 Å².